The van der Waals surface area contributed by atoms with E-state index in [9.17, 15) is 14.4 Å². The molecule has 3 unspecified atom stereocenters. The smallest absolute Gasteiger partial charge is 0.408 e. The molecular formula is C33H47N3O4. The van der Waals surface area contributed by atoms with Crippen molar-refractivity contribution in [2.45, 2.75) is 116 Å². The van der Waals surface area contributed by atoms with Crippen LogP contribution in [0.1, 0.15) is 95.9 Å². The molecule has 0 saturated heterocycles. The summed E-state index contributed by atoms with van der Waals surface area (Å²) in [6.07, 6.45) is 5.51. The predicted molar refractivity (Wildman–Crippen MR) is 159 cm³/mol. The molecule has 1 fully saturated rings. The number of hydrogen-bond donors (Lipinski definition) is 2. The molecule has 218 valence electrons. The molecule has 0 aromatic heterocycles. The minimum absolute atomic E-state index is 0.0988. The summed E-state index contributed by atoms with van der Waals surface area (Å²) in [5.74, 6) is -0.485. The fourth-order valence-corrected chi connectivity index (χ4v) is 5.31. The molecule has 0 aliphatic heterocycles. The van der Waals surface area contributed by atoms with Gasteiger partial charge in [0.05, 0.1) is 0 Å². The number of carbonyl (C=O) groups excluding carboxylic acids is 3. The van der Waals surface area contributed by atoms with Gasteiger partial charge in [0.15, 0.2) is 0 Å². The molecule has 0 radical (unpaired) electrons. The lowest BCUT2D eigenvalue weighted by atomic mass is 9.93. The number of amides is 3. The highest BCUT2D eigenvalue weighted by molar-refractivity contribution is 5.92. The molecule has 1 saturated carbocycles. The normalized spacial score (nSPS) is 16.4. The van der Waals surface area contributed by atoms with E-state index >= 15 is 0 Å². The lowest BCUT2D eigenvalue weighted by molar-refractivity contribution is -0.145. The summed E-state index contributed by atoms with van der Waals surface area (Å²) < 4.78 is 5.53. The second kappa shape index (κ2) is 14.3. The predicted octanol–water partition coefficient (Wildman–Crippen LogP) is 6.25. The van der Waals surface area contributed by atoms with Crippen molar-refractivity contribution in [1.82, 2.24) is 15.5 Å². The summed E-state index contributed by atoms with van der Waals surface area (Å²) in [5.41, 5.74) is 1.91. The SMILES string of the molecule is CCC(C)N(C(=O)C(Cc1ccccc1)NC(=O)OC(C)(C)C)C(C(=O)NC1CCCCC1)c1ccccc1C. The maximum absolute atomic E-state index is 14.5. The molecule has 0 heterocycles. The number of aryl methyl sites for hydroxylation is 1. The first-order chi connectivity index (χ1) is 19.0. The van der Waals surface area contributed by atoms with Gasteiger partial charge in [-0.15, -0.1) is 0 Å². The summed E-state index contributed by atoms with van der Waals surface area (Å²) >= 11 is 0. The van der Waals surface area contributed by atoms with Gasteiger partial charge in [0.1, 0.15) is 17.7 Å². The highest BCUT2D eigenvalue weighted by atomic mass is 16.6. The van der Waals surface area contributed by atoms with E-state index < -0.39 is 23.8 Å². The Bertz CT molecular complexity index is 1120. The van der Waals surface area contributed by atoms with E-state index in [1.165, 1.54) is 6.42 Å². The summed E-state index contributed by atoms with van der Waals surface area (Å²) in [5, 5.41) is 6.11. The Balaban J connectivity index is 2.03. The number of ether oxygens (including phenoxy) is 1. The Hall–Kier alpha value is -3.35. The monoisotopic (exact) mass is 549 g/mol. The number of rotatable bonds is 10. The van der Waals surface area contributed by atoms with E-state index in [1.54, 1.807) is 25.7 Å². The van der Waals surface area contributed by atoms with Gasteiger partial charge in [0, 0.05) is 18.5 Å². The average Bonchev–Trinajstić information content (AvgIpc) is 2.91. The zero-order chi connectivity index (χ0) is 29.3. The number of alkyl carbamates (subject to hydrolysis) is 1. The first kappa shape index (κ1) is 31.2. The minimum Gasteiger partial charge on any atom is -0.444 e. The summed E-state index contributed by atoms with van der Waals surface area (Å²) in [6, 6.07) is 15.4. The maximum Gasteiger partial charge on any atom is 0.408 e. The van der Waals surface area contributed by atoms with Crippen LogP contribution in [-0.2, 0) is 20.7 Å². The minimum atomic E-state index is -0.916. The fraction of sp³-hybridized carbons (Fsp3) is 0.545. The second-order valence-corrected chi connectivity index (χ2v) is 12.0. The quantitative estimate of drug-likeness (QED) is 0.367. The van der Waals surface area contributed by atoms with E-state index in [0.29, 0.717) is 6.42 Å². The lowest BCUT2D eigenvalue weighted by Gasteiger charge is -2.39. The summed E-state index contributed by atoms with van der Waals surface area (Å²) in [4.78, 5) is 43.3. The van der Waals surface area contributed by atoms with Crippen molar-refractivity contribution in [1.29, 1.82) is 0 Å². The van der Waals surface area contributed by atoms with Gasteiger partial charge in [-0.3, -0.25) is 9.59 Å². The summed E-state index contributed by atoms with van der Waals surface area (Å²) in [6.45, 7) is 11.3. The van der Waals surface area contributed by atoms with Crippen molar-refractivity contribution in [3.63, 3.8) is 0 Å². The van der Waals surface area contributed by atoms with E-state index in [4.69, 9.17) is 4.74 Å². The molecule has 40 heavy (non-hydrogen) atoms. The van der Waals surface area contributed by atoms with E-state index in [1.807, 2.05) is 75.4 Å². The van der Waals surface area contributed by atoms with Crippen LogP contribution in [0.5, 0.6) is 0 Å². The number of nitrogens with zero attached hydrogens (tertiary/aromatic N) is 1. The third kappa shape index (κ3) is 8.83. The van der Waals surface area contributed by atoms with Gasteiger partial charge in [0.25, 0.3) is 0 Å². The number of carbonyl (C=O) groups is 3. The molecule has 2 aromatic carbocycles. The maximum atomic E-state index is 14.5. The van der Waals surface area contributed by atoms with Crippen LogP contribution in [0.2, 0.25) is 0 Å². The lowest BCUT2D eigenvalue weighted by Crippen LogP contribution is -2.56. The molecule has 2 N–H and O–H groups in total. The standard InChI is InChI=1S/C33H47N3O4/c1-7-24(3)36(29(27-21-15-14-16-23(27)2)30(37)34-26-19-12-9-13-20-26)31(38)28(22-25-17-10-8-11-18-25)35-32(39)40-33(4,5)6/h8,10-11,14-18,21,24,26,28-29H,7,9,12-13,19-20,22H2,1-6H3,(H,34,37)(H,35,39). The van der Waals surface area contributed by atoms with Gasteiger partial charge in [-0.2, -0.15) is 0 Å². The fourth-order valence-electron chi connectivity index (χ4n) is 5.31. The molecule has 1 aliphatic rings. The van der Waals surface area contributed by atoms with Crippen molar-refractivity contribution < 1.29 is 19.1 Å². The molecule has 3 amide bonds. The average molecular weight is 550 g/mol. The van der Waals surface area contributed by atoms with Crippen molar-refractivity contribution in [3.8, 4) is 0 Å². The first-order valence-corrected chi connectivity index (χ1v) is 14.7. The highest BCUT2D eigenvalue weighted by Gasteiger charge is 2.39. The zero-order valence-electron chi connectivity index (χ0n) is 25.0. The molecule has 7 nitrogen and oxygen atoms in total. The van der Waals surface area contributed by atoms with Gasteiger partial charge < -0.3 is 20.3 Å². The van der Waals surface area contributed by atoms with Crippen molar-refractivity contribution in [2.24, 2.45) is 0 Å². The Kier molecular flexibility index (Phi) is 11.2. The molecule has 1 aliphatic carbocycles. The molecule has 3 atom stereocenters. The number of nitrogens with one attached hydrogen (secondary N) is 2. The van der Waals surface area contributed by atoms with Crippen LogP contribution in [0.15, 0.2) is 54.6 Å². The van der Waals surface area contributed by atoms with Crippen LogP contribution in [0, 0.1) is 6.92 Å². The Morgan fingerprint density at radius 1 is 0.975 bits per heavy atom. The van der Waals surface area contributed by atoms with Crippen LogP contribution in [-0.4, -0.2) is 46.5 Å². The number of benzene rings is 2. The molecule has 0 spiro atoms. The molecule has 3 rings (SSSR count). The first-order valence-electron chi connectivity index (χ1n) is 14.7. The number of hydrogen-bond acceptors (Lipinski definition) is 4. The van der Waals surface area contributed by atoms with Gasteiger partial charge in [-0.25, -0.2) is 4.79 Å². The molecule has 0 bridgehead atoms. The van der Waals surface area contributed by atoms with E-state index in [0.717, 1.165) is 42.4 Å². The topological polar surface area (TPSA) is 87.7 Å². The Labute approximate surface area is 240 Å². The van der Waals surface area contributed by atoms with Gasteiger partial charge in [0.2, 0.25) is 11.8 Å². The second-order valence-electron chi connectivity index (χ2n) is 12.0. The molecule has 2 aromatic rings. The highest BCUT2D eigenvalue weighted by Crippen LogP contribution is 2.30. The van der Waals surface area contributed by atoms with E-state index in [2.05, 4.69) is 10.6 Å². The van der Waals surface area contributed by atoms with Gasteiger partial charge >= 0.3 is 6.09 Å². The third-order valence-corrected chi connectivity index (χ3v) is 7.55. The van der Waals surface area contributed by atoms with Crippen LogP contribution in [0.25, 0.3) is 0 Å². The van der Waals surface area contributed by atoms with Crippen molar-refractivity contribution >= 4 is 17.9 Å². The molecular weight excluding hydrogens is 502 g/mol. The Morgan fingerprint density at radius 2 is 1.60 bits per heavy atom. The third-order valence-electron chi connectivity index (χ3n) is 7.55. The van der Waals surface area contributed by atoms with Crippen LogP contribution in [0.3, 0.4) is 0 Å². The van der Waals surface area contributed by atoms with Crippen LogP contribution < -0.4 is 10.6 Å². The van der Waals surface area contributed by atoms with Gasteiger partial charge in [-0.05, 0) is 70.6 Å². The van der Waals surface area contributed by atoms with Gasteiger partial charge in [-0.1, -0.05) is 80.8 Å². The van der Waals surface area contributed by atoms with Crippen LogP contribution in [0.4, 0.5) is 4.79 Å². The van der Waals surface area contributed by atoms with Crippen molar-refractivity contribution in [3.05, 3.63) is 71.3 Å². The van der Waals surface area contributed by atoms with E-state index in [-0.39, 0.29) is 30.3 Å². The summed E-state index contributed by atoms with van der Waals surface area (Å²) in [7, 11) is 0. The van der Waals surface area contributed by atoms with Crippen LogP contribution >= 0.6 is 0 Å². The zero-order valence-corrected chi connectivity index (χ0v) is 25.0. The Morgan fingerprint density at radius 3 is 2.20 bits per heavy atom. The molecule has 7 heteroatoms. The van der Waals surface area contributed by atoms with Crippen molar-refractivity contribution in [2.75, 3.05) is 0 Å². The largest absolute Gasteiger partial charge is 0.444 e.